The molecule has 1 fully saturated rings. The largest absolute Gasteiger partial charge is 0.497 e. The van der Waals surface area contributed by atoms with Gasteiger partial charge < -0.3 is 10.1 Å². The predicted molar refractivity (Wildman–Crippen MR) is 128 cm³/mol. The maximum absolute atomic E-state index is 13.4. The third-order valence-electron chi connectivity index (χ3n) is 4.59. The topological polar surface area (TPSA) is 82.4 Å². The number of thioether (sulfide) groups is 1. The highest BCUT2D eigenvalue weighted by Gasteiger charge is 2.40. The van der Waals surface area contributed by atoms with Crippen molar-refractivity contribution in [1.82, 2.24) is 5.32 Å². The number of benzene rings is 2. The summed E-state index contributed by atoms with van der Waals surface area (Å²) in [6.45, 7) is 3.76. The number of hydrogen-bond acceptors (Lipinski definition) is 5. The number of nitriles is 1. The Labute approximate surface area is 200 Å². The highest BCUT2D eigenvalue weighted by molar-refractivity contribution is 8.05. The number of methoxy groups -OCH3 is 1. The van der Waals surface area contributed by atoms with E-state index in [9.17, 15) is 14.9 Å². The molecule has 6 nitrogen and oxygen atoms in total. The molecule has 164 valence electrons. The van der Waals surface area contributed by atoms with Crippen LogP contribution in [0.5, 0.6) is 5.75 Å². The van der Waals surface area contributed by atoms with Crippen LogP contribution < -0.4 is 15.0 Å². The molecule has 1 saturated heterocycles. The molecule has 0 aromatic heterocycles. The fourth-order valence-electron chi connectivity index (χ4n) is 3.15. The van der Waals surface area contributed by atoms with E-state index in [-0.39, 0.29) is 23.1 Å². The number of rotatable bonds is 7. The standard InChI is InChI=1S/C23H19Cl2N3O3S/c1-3-8-27-21(29)19(13-26)23-28(17-4-6-18(31-2)7-5-17)22(30)20(32-23)11-14-9-15(24)12-16(25)10-14/h3-7,9-10,12,20H,1,8,11H2,2H3,(H,27,29)/b23-19-. The third-order valence-corrected chi connectivity index (χ3v) is 6.29. The number of nitrogens with one attached hydrogen (secondary N) is 1. The highest BCUT2D eigenvalue weighted by Crippen LogP contribution is 2.42. The van der Waals surface area contributed by atoms with Crippen LogP contribution in [0.15, 0.2) is 65.7 Å². The van der Waals surface area contributed by atoms with Crippen molar-refractivity contribution in [2.45, 2.75) is 11.7 Å². The van der Waals surface area contributed by atoms with Gasteiger partial charge in [0.05, 0.1) is 12.4 Å². The van der Waals surface area contributed by atoms with Crippen LogP contribution in [-0.4, -0.2) is 30.7 Å². The molecule has 3 rings (SSSR count). The lowest BCUT2D eigenvalue weighted by Crippen LogP contribution is -2.32. The van der Waals surface area contributed by atoms with Gasteiger partial charge in [0.2, 0.25) is 5.91 Å². The van der Waals surface area contributed by atoms with E-state index < -0.39 is 11.2 Å². The fraction of sp³-hybridized carbons (Fsp3) is 0.174. The molecule has 2 amide bonds. The minimum Gasteiger partial charge on any atom is -0.497 e. The Morgan fingerprint density at radius 2 is 1.94 bits per heavy atom. The minimum atomic E-state index is -0.576. The fourth-order valence-corrected chi connectivity index (χ4v) is 5.03. The van der Waals surface area contributed by atoms with Crippen LogP contribution in [0.1, 0.15) is 5.56 Å². The van der Waals surface area contributed by atoms with Gasteiger partial charge in [-0.1, -0.05) is 41.0 Å². The molecule has 0 aliphatic carbocycles. The number of amides is 2. The molecule has 2 aromatic carbocycles. The summed E-state index contributed by atoms with van der Waals surface area (Å²) >= 11 is 13.4. The number of carbonyl (C=O) groups is 2. The Bertz CT molecular complexity index is 1110. The second-order valence-electron chi connectivity index (χ2n) is 6.75. The van der Waals surface area contributed by atoms with Crippen LogP contribution >= 0.6 is 35.0 Å². The summed E-state index contributed by atoms with van der Waals surface area (Å²) in [5.74, 6) is -0.212. The first-order valence-electron chi connectivity index (χ1n) is 9.51. The first kappa shape index (κ1) is 23.7. The summed E-state index contributed by atoms with van der Waals surface area (Å²) in [6, 6.07) is 13.9. The molecule has 0 saturated carbocycles. The zero-order chi connectivity index (χ0) is 23.3. The van der Waals surface area contributed by atoms with Crippen molar-refractivity contribution in [3.05, 3.63) is 81.3 Å². The zero-order valence-corrected chi connectivity index (χ0v) is 19.4. The van der Waals surface area contributed by atoms with Crippen molar-refractivity contribution >= 4 is 52.5 Å². The van der Waals surface area contributed by atoms with Gasteiger partial charge in [-0.25, -0.2) is 0 Å². The number of hydrogen-bond donors (Lipinski definition) is 1. The molecule has 1 aliphatic rings. The second-order valence-corrected chi connectivity index (χ2v) is 8.81. The summed E-state index contributed by atoms with van der Waals surface area (Å²) in [4.78, 5) is 27.4. The van der Waals surface area contributed by atoms with E-state index in [4.69, 9.17) is 27.9 Å². The van der Waals surface area contributed by atoms with Crippen molar-refractivity contribution in [3.63, 3.8) is 0 Å². The Morgan fingerprint density at radius 3 is 2.50 bits per heavy atom. The van der Waals surface area contributed by atoms with Gasteiger partial charge in [-0.05, 0) is 54.4 Å². The van der Waals surface area contributed by atoms with E-state index in [2.05, 4.69) is 11.9 Å². The maximum atomic E-state index is 13.4. The van der Waals surface area contributed by atoms with Crippen LogP contribution in [0.3, 0.4) is 0 Å². The smallest absolute Gasteiger partial charge is 0.264 e. The first-order valence-corrected chi connectivity index (χ1v) is 11.1. The van der Waals surface area contributed by atoms with Gasteiger partial charge in [-0.15, -0.1) is 6.58 Å². The summed E-state index contributed by atoms with van der Waals surface area (Å²) in [7, 11) is 1.54. The Kier molecular flexibility index (Phi) is 7.86. The molecule has 0 radical (unpaired) electrons. The zero-order valence-electron chi connectivity index (χ0n) is 17.1. The molecule has 1 N–H and O–H groups in total. The molecule has 9 heteroatoms. The lowest BCUT2D eigenvalue weighted by molar-refractivity contribution is -0.117. The second kappa shape index (κ2) is 10.6. The van der Waals surface area contributed by atoms with Crippen LogP contribution in [-0.2, 0) is 16.0 Å². The number of nitrogens with zero attached hydrogens (tertiary/aromatic N) is 2. The molecule has 0 spiro atoms. The van der Waals surface area contributed by atoms with Crippen molar-refractivity contribution < 1.29 is 14.3 Å². The van der Waals surface area contributed by atoms with Crippen molar-refractivity contribution in [3.8, 4) is 11.8 Å². The van der Waals surface area contributed by atoms with Crippen LogP contribution in [0.2, 0.25) is 10.0 Å². The van der Waals surface area contributed by atoms with Gasteiger partial charge in [-0.3, -0.25) is 14.5 Å². The lowest BCUT2D eigenvalue weighted by atomic mass is 10.1. The number of halogens is 2. The SMILES string of the molecule is C=CCNC(=O)/C(C#N)=C1\SC(Cc2cc(Cl)cc(Cl)c2)C(=O)N1c1ccc(OC)cc1. The average Bonchev–Trinajstić information content (AvgIpc) is 3.07. The maximum Gasteiger partial charge on any atom is 0.264 e. The number of ether oxygens (including phenoxy) is 1. The Hall–Kier alpha value is -2.92. The molecule has 32 heavy (non-hydrogen) atoms. The summed E-state index contributed by atoms with van der Waals surface area (Å²) in [6.07, 6.45) is 1.84. The van der Waals surface area contributed by atoms with E-state index in [1.165, 1.54) is 11.0 Å². The summed E-state index contributed by atoms with van der Waals surface area (Å²) in [5.41, 5.74) is 1.15. The predicted octanol–water partition coefficient (Wildman–Crippen LogP) is 4.73. The van der Waals surface area contributed by atoms with Crippen LogP contribution in [0, 0.1) is 11.3 Å². The van der Waals surface area contributed by atoms with Gasteiger partial charge >= 0.3 is 0 Å². The number of carbonyl (C=O) groups excluding carboxylic acids is 2. The highest BCUT2D eigenvalue weighted by atomic mass is 35.5. The van der Waals surface area contributed by atoms with Gasteiger partial charge in [0.15, 0.2) is 0 Å². The molecule has 1 heterocycles. The van der Waals surface area contributed by atoms with Gasteiger partial charge in [0.1, 0.15) is 22.4 Å². The number of anilines is 1. The molecular weight excluding hydrogens is 469 g/mol. The molecule has 2 aromatic rings. The van der Waals surface area contributed by atoms with Gasteiger partial charge in [-0.2, -0.15) is 5.26 Å². The van der Waals surface area contributed by atoms with Crippen LogP contribution in [0.4, 0.5) is 5.69 Å². The lowest BCUT2D eigenvalue weighted by Gasteiger charge is -2.19. The third kappa shape index (κ3) is 5.28. The monoisotopic (exact) mass is 487 g/mol. The Morgan fingerprint density at radius 1 is 1.28 bits per heavy atom. The summed E-state index contributed by atoms with van der Waals surface area (Å²) in [5, 5.41) is 13.0. The van der Waals surface area contributed by atoms with Gasteiger partial charge in [0.25, 0.3) is 5.91 Å². The van der Waals surface area contributed by atoms with E-state index >= 15 is 0 Å². The van der Waals surface area contributed by atoms with E-state index in [0.29, 0.717) is 27.9 Å². The van der Waals surface area contributed by atoms with E-state index in [0.717, 1.165) is 17.3 Å². The minimum absolute atomic E-state index is 0.146. The summed E-state index contributed by atoms with van der Waals surface area (Å²) < 4.78 is 5.19. The van der Waals surface area contributed by atoms with Crippen LogP contribution in [0.25, 0.3) is 0 Å². The quantitative estimate of drug-likeness (QED) is 0.346. The molecule has 1 unspecified atom stereocenters. The Balaban J connectivity index is 2.03. The van der Waals surface area contributed by atoms with Crippen molar-refractivity contribution in [2.24, 2.45) is 0 Å². The molecule has 0 bridgehead atoms. The molecular formula is C23H19Cl2N3O3S. The van der Waals surface area contributed by atoms with E-state index in [1.807, 2.05) is 6.07 Å². The van der Waals surface area contributed by atoms with Gasteiger partial charge in [0, 0.05) is 22.3 Å². The first-order chi connectivity index (χ1) is 15.4. The molecule has 1 atom stereocenters. The molecule has 1 aliphatic heterocycles. The van der Waals surface area contributed by atoms with E-state index in [1.54, 1.807) is 49.6 Å². The normalized spacial score (nSPS) is 17.0. The van der Waals surface area contributed by atoms with Crippen molar-refractivity contribution in [2.75, 3.05) is 18.6 Å². The average molecular weight is 488 g/mol. The van der Waals surface area contributed by atoms with Crippen molar-refractivity contribution in [1.29, 1.82) is 5.26 Å².